The lowest BCUT2D eigenvalue weighted by Gasteiger charge is -2.05. The van der Waals surface area contributed by atoms with Crippen LogP contribution in [0.4, 0.5) is 10.1 Å². The Morgan fingerprint density at radius 3 is 2.64 bits per heavy atom. The fourth-order valence-electron chi connectivity index (χ4n) is 1.17. The van der Waals surface area contributed by atoms with Crippen molar-refractivity contribution < 1.29 is 4.39 Å². The van der Waals surface area contributed by atoms with Gasteiger partial charge in [0.25, 0.3) is 0 Å². The van der Waals surface area contributed by atoms with Crippen LogP contribution in [0.1, 0.15) is 11.1 Å². The number of nitriles is 2. The van der Waals surface area contributed by atoms with Gasteiger partial charge < -0.3 is 5.32 Å². The first kappa shape index (κ1) is 10.0. The molecule has 0 radical (unpaired) electrons. The summed E-state index contributed by atoms with van der Waals surface area (Å²) in [5.74, 6) is -0.593. The summed E-state index contributed by atoms with van der Waals surface area (Å²) in [6.45, 7) is 0. The summed E-state index contributed by atoms with van der Waals surface area (Å²) in [5.41, 5.74) is 0.959. The first-order valence-electron chi connectivity index (χ1n) is 4.00. The van der Waals surface area contributed by atoms with Crippen molar-refractivity contribution in [2.45, 2.75) is 6.42 Å². The second-order valence-corrected chi connectivity index (χ2v) is 2.70. The van der Waals surface area contributed by atoms with Gasteiger partial charge in [0.2, 0.25) is 0 Å². The molecule has 1 rings (SSSR count). The molecule has 0 aliphatic rings. The first-order chi connectivity index (χ1) is 6.72. The van der Waals surface area contributed by atoms with E-state index < -0.39 is 5.82 Å². The van der Waals surface area contributed by atoms with E-state index in [1.165, 1.54) is 6.07 Å². The molecule has 0 aliphatic carbocycles. The fraction of sp³-hybridized carbons (Fsp3) is 0.200. The third-order valence-corrected chi connectivity index (χ3v) is 1.81. The van der Waals surface area contributed by atoms with E-state index in [1.807, 2.05) is 6.07 Å². The number of nitrogens with zero attached hydrogens (tertiary/aromatic N) is 2. The number of hydrogen-bond donors (Lipinski definition) is 1. The maximum Gasteiger partial charge on any atom is 0.143 e. The van der Waals surface area contributed by atoms with Crippen molar-refractivity contribution in [2.75, 3.05) is 12.4 Å². The summed E-state index contributed by atoms with van der Waals surface area (Å²) >= 11 is 0. The quantitative estimate of drug-likeness (QED) is 0.771. The van der Waals surface area contributed by atoms with Crippen molar-refractivity contribution in [2.24, 2.45) is 0 Å². The molecule has 0 unspecified atom stereocenters. The van der Waals surface area contributed by atoms with E-state index in [0.717, 1.165) is 0 Å². The second kappa shape index (κ2) is 4.25. The number of halogens is 1. The van der Waals surface area contributed by atoms with Crippen molar-refractivity contribution in [1.82, 2.24) is 0 Å². The molecular formula is C10H8FN3. The first-order valence-corrected chi connectivity index (χ1v) is 4.00. The number of benzene rings is 1. The molecule has 0 bridgehead atoms. The van der Waals surface area contributed by atoms with E-state index in [4.69, 9.17) is 10.5 Å². The average molecular weight is 189 g/mol. The van der Waals surface area contributed by atoms with Gasteiger partial charge in [-0.2, -0.15) is 10.5 Å². The van der Waals surface area contributed by atoms with Crippen LogP contribution in [0.25, 0.3) is 0 Å². The van der Waals surface area contributed by atoms with Crippen molar-refractivity contribution >= 4 is 5.69 Å². The fourth-order valence-corrected chi connectivity index (χ4v) is 1.17. The average Bonchev–Trinajstić information content (AvgIpc) is 2.17. The molecule has 0 fully saturated rings. The Hall–Kier alpha value is -2.07. The van der Waals surface area contributed by atoms with Crippen LogP contribution in [-0.2, 0) is 6.42 Å². The monoisotopic (exact) mass is 189 g/mol. The molecule has 0 atom stereocenters. The normalized spacial score (nSPS) is 8.86. The lowest BCUT2D eigenvalue weighted by molar-refractivity contribution is 0.623. The Bertz CT molecular complexity index is 426. The predicted molar refractivity (Wildman–Crippen MR) is 50.0 cm³/mol. The Kier molecular flexibility index (Phi) is 3.04. The van der Waals surface area contributed by atoms with Gasteiger partial charge >= 0.3 is 0 Å². The van der Waals surface area contributed by atoms with E-state index in [1.54, 1.807) is 19.2 Å². The highest BCUT2D eigenvalue weighted by Gasteiger charge is 2.09. The minimum atomic E-state index is -0.593. The highest BCUT2D eigenvalue weighted by Crippen LogP contribution is 2.20. The smallest absolute Gasteiger partial charge is 0.143 e. The maximum absolute atomic E-state index is 13.2. The molecule has 0 saturated heterocycles. The molecule has 1 aromatic rings. The molecule has 0 aromatic heterocycles. The van der Waals surface area contributed by atoms with E-state index >= 15 is 0 Å². The van der Waals surface area contributed by atoms with Gasteiger partial charge in [0.15, 0.2) is 0 Å². The minimum Gasteiger partial charge on any atom is -0.387 e. The van der Waals surface area contributed by atoms with Crippen molar-refractivity contribution in [1.29, 1.82) is 10.5 Å². The molecule has 4 heteroatoms. The Morgan fingerprint density at radius 1 is 1.43 bits per heavy atom. The van der Waals surface area contributed by atoms with E-state index in [0.29, 0.717) is 11.3 Å². The highest BCUT2D eigenvalue weighted by molar-refractivity contribution is 5.59. The number of nitrogens with one attached hydrogen (secondary N) is 1. The SMILES string of the molecule is CNc1cc(CC#N)cc(F)c1C#N. The van der Waals surface area contributed by atoms with Gasteiger partial charge in [-0.3, -0.25) is 0 Å². The van der Waals surface area contributed by atoms with Gasteiger partial charge in [-0.1, -0.05) is 0 Å². The van der Waals surface area contributed by atoms with Crippen LogP contribution in [0.3, 0.4) is 0 Å². The third-order valence-electron chi connectivity index (χ3n) is 1.81. The largest absolute Gasteiger partial charge is 0.387 e. The van der Waals surface area contributed by atoms with Gasteiger partial charge in [0.05, 0.1) is 18.2 Å². The highest BCUT2D eigenvalue weighted by atomic mass is 19.1. The lowest BCUT2D eigenvalue weighted by Crippen LogP contribution is -1.97. The number of hydrogen-bond acceptors (Lipinski definition) is 3. The van der Waals surface area contributed by atoms with Gasteiger partial charge in [0, 0.05) is 7.05 Å². The lowest BCUT2D eigenvalue weighted by atomic mass is 10.1. The summed E-state index contributed by atoms with van der Waals surface area (Å²) in [7, 11) is 1.60. The van der Waals surface area contributed by atoms with Gasteiger partial charge in [-0.15, -0.1) is 0 Å². The molecule has 14 heavy (non-hydrogen) atoms. The Labute approximate surface area is 81.4 Å². The maximum atomic E-state index is 13.2. The standard InChI is InChI=1S/C10H8FN3/c1-14-10-5-7(2-3-12)4-9(11)8(10)6-13/h4-5,14H,2H2,1H3. The van der Waals surface area contributed by atoms with Gasteiger partial charge in [-0.05, 0) is 17.7 Å². The number of anilines is 1. The summed E-state index contributed by atoms with van der Waals surface area (Å²) in [5, 5.41) is 19.8. The van der Waals surface area contributed by atoms with Crippen LogP contribution in [-0.4, -0.2) is 7.05 Å². The molecule has 0 amide bonds. The summed E-state index contributed by atoms with van der Waals surface area (Å²) < 4.78 is 13.2. The zero-order valence-electron chi connectivity index (χ0n) is 7.63. The van der Waals surface area contributed by atoms with Crippen molar-refractivity contribution in [3.05, 3.63) is 29.1 Å². The molecule has 70 valence electrons. The van der Waals surface area contributed by atoms with Gasteiger partial charge in [0.1, 0.15) is 17.4 Å². The van der Waals surface area contributed by atoms with Crippen LogP contribution in [0, 0.1) is 28.5 Å². The second-order valence-electron chi connectivity index (χ2n) is 2.70. The van der Waals surface area contributed by atoms with E-state index in [9.17, 15) is 4.39 Å². The summed E-state index contributed by atoms with van der Waals surface area (Å²) in [4.78, 5) is 0. The molecule has 0 heterocycles. The molecule has 0 saturated carbocycles. The Balaban J connectivity index is 3.27. The van der Waals surface area contributed by atoms with Crippen LogP contribution in [0.2, 0.25) is 0 Å². The molecular weight excluding hydrogens is 181 g/mol. The topological polar surface area (TPSA) is 59.6 Å². The molecule has 0 aliphatic heterocycles. The molecule has 1 aromatic carbocycles. The van der Waals surface area contributed by atoms with E-state index in [-0.39, 0.29) is 12.0 Å². The number of rotatable bonds is 2. The van der Waals surface area contributed by atoms with Crippen LogP contribution >= 0.6 is 0 Å². The Morgan fingerprint density at radius 2 is 2.14 bits per heavy atom. The summed E-state index contributed by atoms with van der Waals surface area (Å²) in [6.07, 6.45) is 0.136. The molecule has 1 N–H and O–H groups in total. The minimum absolute atomic E-state index is 0.0193. The molecule has 0 spiro atoms. The van der Waals surface area contributed by atoms with Gasteiger partial charge in [-0.25, -0.2) is 4.39 Å². The third kappa shape index (κ3) is 1.81. The zero-order chi connectivity index (χ0) is 10.6. The predicted octanol–water partition coefficient (Wildman–Crippen LogP) is 1.81. The van der Waals surface area contributed by atoms with Crippen LogP contribution < -0.4 is 5.32 Å². The zero-order valence-corrected chi connectivity index (χ0v) is 7.63. The summed E-state index contributed by atoms with van der Waals surface area (Å²) in [6, 6.07) is 6.50. The van der Waals surface area contributed by atoms with Crippen molar-refractivity contribution in [3.63, 3.8) is 0 Å². The van der Waals surface area contributed by atoms with Crippen molar-refractivity contribution in [3.8, 4) is 12.1 Å². The molecule has 3 nitrogen and oxygen atoms in total. The van der Waals surface area contributed by atoms with Crippen LogP contribution in [0.5, 0.6) is 0 Å². The van der Waals surface area contributed by atoms with E-state index in [2.05, 4.69) is 5.32 Å². The van der Waals surface area contributed by atoms with Crippen LogP contribution in [0.15, 0.2) is 12.1 Å².